The molecule has 0 saturated carbocycles. The SMILES string of the molecule is CCc1nc(N)nc(N)c1-c1ccc(Cl)c(/N=N/N(CCO)Cc2ccccc2)c1. The van der Waals surface area contributed by atoms with Crippen LogP contribution in [0.25, 0.3) is 11.1 Å². The Kier molecular flexibility index (Phi) is 7.16. The van der Waals surface area contributed by atoms with Crippen molar-refractivity contribution in [3.05, 3.63) is 64.8 Å². The van der Waals surface area contributed by atoms with E-state index in [1.54, 1.807) is 17.1 Å². The Hall–Kier alpha value is -3.23. The average molecular weight is 426 g/mol. The number of aromatic nitrogens is 2. The fraction of sp³-hybridized carbons (Fsp3) is 0.238. The zero-order valence-corrected chi connectivity index (χ0v) is 17.4. The molecule has 3 rings (SSSR count). The lowest BCUT2D eigenvalue weighted by molar-refractivity contribution is 0.187. The minimum atomic E-state index is -0.0429. The molecule has 0 fully saturated rings. The molecule has 30 heavy (non-hydrogen) atoms. The van der Waals surface area contributed by atoms with Gasteiger partial charge in [0.2, 0.25) is 5.95 Å². The summed E-state index contributed by atoms with van der Waals surface area (Å²) in [6.45, 7) is 2.78. The highest BCUT2D eigenvalue weighted by Gasteiger charge is 2.14. The summed E-state index contributed by atoms with van der Waals surface area (Å²) >= 11 is 6.34. The molecule has 8 nitrogen and oxygen atoms in total. The molecule has 2 aromatic carbocycles. The number of hydrogen-bond acceptors (Lipinski definition) is 7. The van der Waals surface area contributed by atoms with Gasteiger partial charge in [0, 0.05) is 5.56 Å². The van der Waals surface area contributed by atoms with E-state index in [-0.39, 0.29) is 12.6 Å². The van der Waals surface area contributed by atoms with Crippen LogP contribution in [0.5, 0.6) is 0 Å². The van der Waals surface area contributed by atoms with Gasteiger partial charge >= 0.3 is 0 Å². The number of aliphatic hydroxyl groups excluding tert-OH is 1. The molecule has 0 aliphatic heterocycles. The van der Waals surface area contributed by atoms with Crippen LogP contribution in [-0.4, -0.2) is 33.2 Å². The van der Waals surface area contributed by atoms with Gasteiger partial charge in [-0.15, -0.1) is 5.11 Å². The average Bonchev–Trinajstić information content (AvgIpc) is 2.73. The van der Waals surface area contributed by atoms with Crippen molar-refractivity contribution in [1.82, 2.24) is 15.0 Å². The summed E-state index contributed by atoms with van der Waals surface area (Å²) in [4.78, 5) is 8.37. The Labute approximate surface area is 180 Å². The van der Waals surface area contributed by atoms with Crippen molar-refractivity contribution >= 4 is 29.1 Å². The number of halogens is 1. The summed E-state index contributed by atoms with van der Waals surface area (Å²) in [5.41, 5.74) is 15.6. The molecule has 0 amide bonds. The van der Waals surface area contributed by atoms with Crippen LogP contribution in [0, 0.1) is 0 Å². The molecule has 5 N–H and O–H groups in total. The molecule has 156 valence electrons. The second kappa shape index (κ2) is 10.00. The zero-order valence-electron chi connectivity index (χ0n) is 16.7. The fourth-order valence-electron chi connectivity index (χ4n) is 3.04. The van der Waals surface area contributed by atoms with Gasteiger partial charge in [-0.25, -0.2) is 4.98 Å². The van der Waals surface area contributed by atoms with E-state index < -0.39 is 0 Å². The van der Waals surface area contributed by atoms with Gasteiger partial charge in [0.05, 0.1) is 30.4 Å². The monoisotopic (exact) mass is 425 g/mol. The molecule has 0 aliphatic carbocycles. The first-order chi connectivity index (χ1) is 14.5. The van der Waals surface area contributed by atoms with Gasteiger partial charge in [-0.05, 0) is 29.7 Å². The maximum absolute atomic E-state index is 9.36. The molecule has 9 heteroatoms. The molecule has 0 bridgehead atoms. The predicted molar refractivity (Wildman–Crippen MR) is 119 cm³/mol. The van der Waals surface area contributed by atoms with E-state index in [1.165, 1.54) is 0 Å². The van der Waals surface area contributed by atoms with Crippen LogP contribution in [0.2, 0.25) is 5.02 Å². The lowest BCUT2D eigenvalue weighted by Gasteiger charge is -2.16. The largest absolute Gasteiger partial charge is 0.394 e. The number of aliphatic hydroxyl groups is 1. The van der Waals surface area contributed by atoms with Crippen LogP contribution in [0.15, 0.2) is 58.9 Å². The number of nitrogens with zero attached hydrogens (tertiary/aromatic N) is 5. The molecule has 0 atom stereocenters. The van der Waals surface area contributed by atoms with E-state index >= 15 is 0 Å². The standard InChI is InChI=1S/C21H24ClN7O/c1-2-17-19(20(23)26-21(24)25-17)15-8-9-16(22)18(12-15)27-28-29(10-11-30)13-14-6-4-3-5-7-14/h3-9,12,30H,2,10-11,13H2,1H3,(H4,23,24,25,26)/b28-27+. The van der Waals surface area contributed by atoms with Gasteiger partial charge in [-0.2, -0.15) is 4.98 Å². The fourth-order valence-corrected chi connectivity index (χ4v) is 3.19. The third kappa shape index (κ3) is 5.22. The summed E-state index contributed by atoms with van der Waals surface area (Å²) in [6.07, 6.45) is 0.646. The molecule has 0 aliphatic rings. The second-order valence-electron chi connectivity index (χ2n) is 6.60. The Balaban J connectivity index is 1.91. The van der Waals surface area contributed by atoms with Gasteiger partial charge in [-0.1, -0.05) is 60.1 Å². The Morgan fingerprint density at radius 3 is 2.57 bits per heavy atom. The Bertz CT molecular complexity index is 1030. The van der Waals surface area contributed by atoms with Crippen molar-refractivity contribution in [2.24, 2.45) is 10.3 Å². The van der Waals surface area contributed by atoms with E-state index in [2.05, 4.69) is 20.3 Å². The maximum Gasteiger partial charge on any atom is 0.222 e. The maximum atomic E-state index is 9.36. The number of anilines is 2. The van der Waals surface area contributed by atoms with Crippen molar-refractivity contribution in [3.63, 3.8) is 0 Å². The summed E-state index contributed by atoms with van der Waals surface area (Å²) < 4.78 is 0. The molecule has 0 saturated heterocycles. The molecule has 3 aromatic rings. The number of nitrogen functional groups attached to an aromatic ring is 2. The van der Waals surface area contributed by atoms with Crippen LogP contribution in [-0.2, 0) is 13.0 Å². The number of rotatable bonds is 8. The first kappa shape index (κ1) is 21.5. The lowest BCUT2D eigenvalue weighted by Crippen LogP contribution is -2.20. The van der Waals surface area contributed by atoms with Crippen molar-refractivity contribution in [3.8, 4) is 11.1 Å². The van der Waals surface area contributed by atoms with Crippen molar-refractivity contribution in [1.29, 1.82) is 0 Å². The minimum Gasteiger partial charge on any atom is -0.394 e. The third-order valence-corrected chi connectivity index (χ3v) is 4.76. The summed E-state index contributed by atoms with van der Waals surface area (Å²) in [7, 11) is 0. The van der Waals surface area contributed by atoms with Gasteiger partial charge in [0.25, 0.3) is 0 Å². The highest BCUT2D eigenvalue weighted by atomic mass is 35.5. The number of nitrogens with two attached hydrogens (primary N) is 2. The van der Waals surface area contributed by atoms with E-state index in [1.807, 2.05) is 43.3 Å². The van der Waals surface area contributed by atoms with E-state index in [0.29, 0.717) is 41.6 Å². The van der Waals surface area contributed by atoms with E-state index in [4.69, 9.17) is 23.1 Å². The summed E-state index contributed by atoms with van der Waals surface area (Å²) in [6, 6.07) is 15.2. The molecule has 0 radical (unpaired) electrons. The third-order valence-electron chi connectivity index (χ3n) is 4.44. The predicted octanol–water partition coefficient (Wildman–Crippen LogP) is 4.02. The molecule has 1 aromatic heterocycles. The van der Waals surface area contributed by atoms with Gasteiger partial charge in [0.1, 0.15) is 11.5 Å². The first-order valence-corrected chi connectivity index (χ1v) is 9.92. The molecule has 0 unspecified atom stereocenters. The molecular weight excluding hydrogens is 402 g/mol. The molecular formula is C21H24ClN7O. The molecule has 1 heterocycles. The van der Waals surface area contributed by atoms with Gasteiger partial charge in [0.15, 0.2) is 0 Å². The second-order valence-corrected chi connectivity index (χ2v) is 7.00. The van der Waals surface area contributed by atoms with Gasteiger partial charge in [-0.3, -0.25) is 5.01 Å². The number of benzene rings is 2. The van der Waals surface area contributed by atoms with Crippen LogP contribution >= 0.6 is 11.6 Å². The smallest absolute Gasteiger partial charge is 0.222 e. The number of hydrogen-bond donors (Lipinski definition) is 3. The summed E-state index contributed by atoms with van der Waals surface area (Å²) in [5.74, 6) is 0.443. The van der Waals surface area contributed by atoms with Crippen molar-refractivity contribution < 1.29 is 5.11 Å². The Morgan fingerprint density at radius 2 is 1.87 bits per heavy atom. The highest BCUT2D eigenvalue weighted by molar-refractivity contribution is 6.33. The number of aryl methyl sites for hydroxylation is 1. The minimum absolute atomic E-state index is 0.0429. The quantitative estimate of drug-likeness (QED) is 0.369. The van der Waals surface area contributed by atoms with Crippen molar-refractivity contribution in [2.45, 2.75) is 19.9 Å². The normalized spacial score (nSPS) is 11.2. The van der Waals surface area contributed by atoms with Crippen LogP contribution in [0.1, 0.15) is 18.2 Å². The zero-order chi connectivity index (χ0) is 21.5. The van der Waals surface area contributed by atoms with Crippen LogP contribution < -0.4 is 11.5 Å². The van der Waals surface area contributed by atoms with E-state index in [9.17, 15) is 5.11 Å². The lowest BCUT2D eigenvalue weighted by atomic mass is 10.0. The molecule has 0 spiro atoms. The summed E-state index contributed by atoms with van der Waals surface area (Å²) in [5, 5.41) is 20.1. The van der Waals surface area contributed by atoms with E-state index in [0.717, 1.165) is 16.8 Å². The van der Waals surface area contributed by atoms with Crippen molar-refractivity contribution in [2.75, 3.05) is 24.6 Å². The van der Waals surface area contributed by atoms with Crippen LogP contribution in [0.3, 0.4) is 0 Å². The highest BCUT2D eigenvalue weighted by Crippen LogP contribution is 2.35. The Morgan fingerprint density at radius 1 is 1.10 bits per heavy atom. The topological polar surface area (TPSA) is 126 Å². The van der Waals surface area contributed by atoms with Crippen LogP contribution in [0.4, 0.5) is 17.5 Å². The first-order valence-electron chi connectivity index (χ1n) is 9.55. The van der Waals surface area contributed by atoms with Gasteiger partial charge < -0.3 is 16.6 Å².